The Kier molecular flexibility index (Phi) is 6.03. The average molecular weight is 364 g/mol. The molecular weight excluding hydrogens is 342 g/mol. The van der Waals surface area contributed by atoms with Gasteiger partial charge >= 0.3 is 0 Å². The molecule has 8 heteroatoms. The summed E-state index contributed by atoms with van der Waals surface area (Å²) < 4.78 is 0.810. The van der Waals surface area contributed by atoms with Crippen molar-refractivity contribution < 1.29 is 4.79 Å². The lowest BCUT2D eigenvalue weighted by atomic mass is 10.1. The Morgan fingerprint density at radius 1 is 1.38 bits per heavy atom. The Morgan fingerprint density at radius 3 is 2.88 bits per heavy atom. The number of aromatic nitrogens is 3. The molecule has 6 nitrogen and oxygen atoms in total. The SMILES string of the molecule is C[C@H](Sc1nncs1)C(=O)NCc1ccc(N2CCCCC2)nc1. The van der Waals surface area contributed by atoms with E-state index in [-0.39, 0.29) is 11.2 Å². The minimum Gasteiger partial charge on any atom is -0.357 e. The lowest BCUT2D eigenvalue weighted by Gasteiger charge is -2.27. The van der Waals surface area contributed by atoms with Gasteiger partial charge in [0.25, 0.3) is 0 Å². The maximum Gasteiger partial charge on any atom is 0.233 e. The third kappa shape index (κ3) is 4.67. The molecule has 0 radical (unpaired) electrons. The summed E-state index contributed by atoms with van der Waals surface area (Å²) in [6.07, 6.45) is 5.65. The zero-order valence-electron chi connectivity index (χ0n) is 13.6. The highest BCUT2D eigenvalue weighted by Gasteiger charge is 2.16. The van der Waals surface area contributed by atoms with Crippen molar-refractivity contribution in [3.8, 4) is 0 Å². The fraction of sp³-hybridized carbons (Fsp3) is 0.500. The molecule has 24 heavy (non-hydrogen) atoms. The molecule has 1 saturated heterocycles. The molecule has 2 aromatic heterocycles. The van der Waals surface area contributed by atoms with Gasteiger partial charge in [-0.05, 0) is 37.8 Å². The summed E-state index contributed by atoms with van der Waals surface area (Å²) in [5.74, 6) is 1.03. The molecule has 0 aromatic carbocycles. The largest absolute Gasteiger partial charge is 0.357 e. The van der Waals surface area contributed by atoms with E-state index < -0.39 is 0 Å². The average Bonchev–Trinajstić information content (AvgIpc) is 3.14. The predicted molar refractivity (Wildman–Crippen MR) is 97.4 cm³/mol. The van der Waals surface area contributed by atoms with Crippen LogP contribution in [0.3, 0.4) is 0 Å². The summed E-state index contributed by atoms with van der Waals surface area (Å²) in [6, 6.07) is 4.09. The molecule has 1 N–H and O–H groups in total. The van der Waals surface area contributed by atoms with Crippen molar-refractivity contribution in [1.29, 1.82) is 0 Å². The van der Waals surface area contributed by atoms with Gasteiger partial charge in [0.05, 0.1) is 5.25 Å². The summed E-state index contributed by atoms with van der Waals surface area (Å²) in [7, 11) is 0. The summed E-state index contributed by atoms with van der Waals surface area (Å²) in [5.41, 5.74) is 2.68. The van der Waals surface area contributed by atoms with E-state index in [1.165, 1.54) is 42.4 Å². The Morgan fingerprint density at radius 2 is 2.21 bits per heavy atom. The van der Waals surface area contributed by atoms with E-state index >= 15 is 0 Å². The summed E-state index contributed by atoms with van der Waals surface area (Å²) in [4.78, 5) is 19.0. The predicted octanol–water partition coefficient (Wildman–Crippen LogP) is 2.72. The van der Waals surface area contributed by atoms with Gasteiger partial charge in [-0.25, -0.2) is 4.98 Å². The highest BCUT2D eigenvalue weighted by atomic mass is 32.2. The Balaban J connectivity index is 1.48. The number of hydrogen-bond acceptors (Lipinski definition) is 7. The minimum atomic E-state index is -0.196. The Labute approximate surface area is 150 Å². The van der Waals surface area contributed by atoms with E-state index in [0.29, 0.717) is 6.54 Å². The molecule has 1 aliphatic heterocycles. The number of hydrogen-bond donors (Lipinski definition) is 1. The first-order valence-electron chi connectivity index (χ1n) is 8.13. The number of carbonyl (C=O) groups excluding carboxylic acids is 1. The maximum absolute atomic E-state index is 12.2. The molecule has 2 aromatic rings. The normalized spacial score (nSPS) is 16.0. The maximum atomic E-state index is 12.2. The van der Waals surface area contributed by atoms with Gasteiger partial charge < -0.3 is 10.2 Å². The molecule has 128 valence electrons. The lowest BCUT2D eigenvalue weighted by molar-refractivity contribution is -0.120. The monoisotopic (exact) mass is 363 g/mol. The number of carbonyl (C=O) groups is 1. The minimum absolute atomic E-state index is 0.00435. The van der Waals surface area contributed by atoms with E-state index in [1.54, 1.807) is 5.51 Å². The molecule has 3 rings (SSSR count). The van der Waals surface area contributed by atoms with Gasteiger partial charge in [-0.2, -0.15) is 0 Å². The van der Waals surface area contributed by atoms with Crippen molar-refractivity contribution in [2.45, 2.75) is 42.3 Å². The smallest absolute Gasteiger partial charge is 0.233 e. The number of pyridine rings is 1. The second kappa shape index (κ2) is 8.43. The van der Waals surface area contributed by atoms with Gasteiger partial charge in [0, 0.05) is 25.8 Å². The number of nitrogens with zero attached hydrogens (tertiary/aromatic N) is 4. The van der Waals surface area contributed by atoms with Crippen LogP contribution in [0, 0.1) is 0 Å². The quantitative estimate of drug-likeness (QED) is 0.796. The zero-order valence-corrected chi connectivity index (χ0v) is 15.3. The van der Waals surface area contributed by atoms with Gasteiger partial charge in [0.1, 0.15) is 11.3 Å². The first-order valence-corrected chi connectivity index (χ1v) is 9.89. The third-order valence-corrected chi connectivity index (χ3v) is 5.85. The first-order chi connectivity index (χ1) is 11.7. The summed E-state index contributed by atoms with van der Waals surface area (Å²) in [5, 5.41) is 10.5. The van der Waals surface area contributed by atoms with Crippen LogP contribution in [0.1, 0.15) is 31.7 Å². The zero-order chi connectivity index (χ0) is 16.8. The Hall–Kier alpha value is -1.67. The van der Waals surface area contributed by atoms with Crippen LogP contribution in [0.5, 0.6) is 0 Å². The number of thioether (sulfide) groups is 1. The van der Waals surface area contributed by atoms with Crippen molar-refractivity contribution in [1.82, 2.24) is 20.5 Å². The van der Waals surface area contributed by atoms with E-state index in [9.17, 15) is 4.79 Å². The van der Waals surface area contributed by atoms with Crippen LogP contribution in [-0.4, -0.2) is 39.4 Å². The summed E-state index contributed by atoms with van der Waals surface area (Å²) >= 11 is 2.87. The molecule has 0 bridgehead atoms. The molecule has 0 aliphatic carbocycles. The Bertz CT molecular complexity index is 641. The van der Waals surface area contributed by atoms with Crippen LogP contribution in [0.2, 0.25) is 0 Å². The molecule has 1 fully saturated rings. The topological polar surface area (TPSA) is 71.0 Å². The van der Waals surface area contributed by atoms with Crippen molar-refractivity contribution in [3.05, 3.63) is 29.4 Å². The van der Waals surface area contributed by atoms with E-state index in [1.807, 2.05) is 25.3 Å². The van der Waals surface area contributed by atoms with Crippen molar-refractivity contribution in [2.24, 2.45) is 0 Å². The van der Waals surface area contributed by atoms with Crippen molar-refractivity contribution in [2.75, 3.05) is 18.0 Å². The lowest BCUT2D eigenvalue weighted by Crippen LogP contribution is -2.31. The molecule has 1 aliphatic rings. The van der Waals surface area contributed by atoms with Crippen LogP contribution in [-0.2, 0) is 11.3 Å². The molecule has 1 amide bonds. The van der Waals surface area contributed by atoms with Gasteiger partial charge in [0.15, 0.2) is 4.34 Å². The first kappa shape index (κ1) is 17.2. The van der Waals surface area contributed by atoms with Crippen LogP contribution < -0.4 is 10.2 Å². The highest BCUT2D eigenvalue weighted by molar-refractivity contribution is 8.02. The number of anilines is 1. The molecule has 0 unspecified atom stereocenters. The molecule has 3 heterocycles. The van der Waals surface area contributed by atoms with Crippen LogP contribution >= 0.6 is 23.1 Å². The molecule has 0 saturated carbocycles. The summed E-state index contributed by atoms with van der Waals surface area (Å²) in [6.45, 7) is 4.54. The second-order valence-electron chi connectivity index (χ2n) is 5.75. The van der Waals surface area contributed by atoms with Crippen LogP contribution in [0.4, 0.5) is 5.82 Å². The van der Waals surface area contributed by atoms with Gasteiger partial charge in [-0.15, -0.1) is 10.2 Å². The van der Waals surface area contributed by atoms with Crippen LogP contribution in [0.25, 0.3) is 0 Å². The molecular formula is C16H21N5OS2. The van der Waals surface area contributed by atoms with E-state index in [0.717, 1.165) is 28.8 Å². The number of piperidine rings is 1. The van der Waals surface area contributed by atoms with E-state index in [4.69, 9.17) is 0 Å². The second-order valence-corrected chi connectivity index (χ2v) is 8.18. The molecule has 1 atom stereocenters. The van der Waals surface area contributed by atoms with Crippen molar-refractivity contribution >= 4 is 34.8 Å². The standard InChI is InChI=1S/C16H21N5OS2/c1-12(24-16-20-19-11-23-16)15(22)18-10-13-5-6-14(17-9-13)21-7-3-2-4-8-21/h5-6,9,11-12H,2-4,7-8,10H2,1H3,(H,18,22)/t12-/m0/s1. The third-order valence-electron chi connectivity index (χ3n) is 3.94. The number of rotatable bonds is 6. The number of amides is 1. The highest BCUT2D eigenvalue weighted by Crippen LogP contribution is 2.24. The van der Waals surface area contributed by atoms with Gasteiger partial charge in [0.2, 0.25) is 5.91 Å². The van der Waals surface area contributed by atoms with Crippen molar-refractivity contribution in [3.63, 3.8) is 0 Å². The fourth-order valence-electron chi connectivity index (χ4n) is 2.58. The number of nitrogens with one attached hydrogen (secondary N) is 1. The van der Waals surface area contributed by atoms with Crippen LogP contribution in [0.15, 0.2) is 28.2 Å². The van der Waals surface area contributed by atoms with E-state index in [2.05, 4.69) is 25.4 Å². The molecule has 0 spiro atoms. The van der Waals surface area contributed by atoms with Gasteiger partial charge in [-0.3, -0.25) is 4.79 Å². The fourth-order valence-corrected chi connectivity index (χ4v) is 4.23. The van der Waals surface area contributed by atoms with Gasteiger partial charge in [-0.1, -0.05) is 29.2 Å².